The first-order chi connectivity index (χ1) is 16.6. The van der Waals surface area contributed by atoms with E-state index >= 15 is 0 Å². The van der Waals surface area contributed by atoms with Gasteiger partial charge in [0, 0.05) is 37.0 Å². The van der Waals surface area contributed by atoms with Gasteiger partial charge in [0.25, 0.3) is 5.91 Å². The van der Waals surface area contributed by atoms with Crippen molar-refractivity contribution in [1.29, 1.82) is 0 Å². The van der Waals surface area contributed by atoms with Crippen molar-refractivity contribution in [1.82, 2.24) is 15.3 Å². The molecule has 2 aliphatic rings. The lowest BCUT2D eigenvalue weighted by atomic mass is 9.93. The Kier molecular flexibility index (Phi) is 5.93. The van der Waals surface area contributed by atoms with Crippen LogP contribution in [0.1, 0.15) is 28.4 Å². The average molecular weight is 464 g/mol. The van der Waals surface area contributed by atoms with Gasteiger partial charge in [0.2, 0.25) is 0 Å². The summed E-state index contributed by atoms with van der Waals surface area (Å²) in [6.07, 6.45) is 7.76. The maximum Gasteiger partial charge on any atom is 0.255 e. The Morgan fingerprint density at radius 1 is 1.26 bits per heavy atom. The number of halogens is 1. The fraction of sp³-hybridized carbons (Fsp3) is 0.280. The third-order valence-corrected chi connectivity index (χ3v) is 6.14. The molecule has 5 rings (SSSR count). The third kappa shape index (κ3) is 3.88. The molecule has 2 atom stereocenters. The van der Waals surface area contributed by atoms with Crippen molar-refractivity contribution in [3.8, 4) is 22.8 Å². The highest BCUT2D eigenvalue weighted by Crippen LogP contribution is 2.44. The summed E-state index contributed by atoms with van der Waals surface area (Å²) in [6, 6.07) is 6.42. The number of carbonyl (C=O) groups excluding carboxylic acids is 1. The lowest BCUT2D eigenvalue weighted by Crippen LogP contribution is -2.35. The Hall–Kier alpha value is -3.85. The van der Waals surface area contributed by atoms with E-state index in [-0.39, 0.29) is 23.7 Å². The number of ether oxygens (including phenoxy) is 3. The Morgan fingerprint density at radius 3 is 2.97 bits per heavy atom. The molecule has 176 valence electrons. The SMILES string of the molecule is COc1c(F)cccc1Nc1c2[nH]c3c1C(=O)NC[C@@H]3C/C=C/[C@@H](OC)COc1cnccc1-2. The summed E-state index contributed by atoms with van der Waals surface area (Å²) < 4.78 is 31.3. The van der Waals surface area contributed by atoms with Gasteiger partial charge in [0.1, 0.15) is 18.5 Å². The highest BCUT2D eigenvalue weighted by molar-refractivity contribution is 6.07. The van der Waals surface area contributed by atoms with Crippen LogP contribution in [0.3, 0.4) is 0 Å². The van der Waals surface area contributed by atoms with E-state index in [0.29, 0.717) is 53.5 Å². The Bertz CT molecular complexity index is 1260. The van der Waals surface area contributed by atoms with E-state index in [1.165, 1.54) is 13.2 Å². The molecule has 9 heteroatoms. The summed E-state index contributed by atoms with van der Waals surface area (Å²) in [7, 11) is 3.04. The molecule has 2 aromatic heterocycles. The van der Waals surface area contributed by atoms with Crippen LogP contribution in [-0.4, -0.2) is 49.4 Å². The van der Waals surface area contributed by atoms with E-state index in [9.17, 15) is 9.18 Å². The number of allylic oxidation sites excluding steroid dienone is 1. The van der Waals surface area contributed by atoms with Crippen molar-refractivity contribution in [3.63, 3.8) is 0 Å². The number of benzene rings is 1. The Labute approximate surface area is 196 Å². The predicted molar refractivity (Wildman–Crippen MR) is 125 cm³/mol. The van der Waals surface area contributed by atoms with Gasteiger partial charge >= 0.3 is 0 Å². The number of H-pyrrole nitrogens is 1. The van der Waals surface area contributed by atoms with Crippen LogP contribution in [0.2, 0.25) is 0 Å². The topological polar surface area (TPSA) is 97.5 Å². The van der Waals surface area contributed by atoms with Gasteiger partial charge < -0.3 is 29.8 Å². The molecule has 34 heavy (non-hydrogen) atoms. The van der Waals surface area contributed by atoms with Crippen molar-refractivity contribution in [2.75, 3.05) is 32.7 Å². The van der Waals surface area contributed by atoms with Crippen molar-refractivity contribution >= 4 is 17.3 Å². The lowest BCUT2D eigenvalue weighted by molar-refractivity contribution is 0.0913. The second-order valence-electron chi connectivity index (χ2n) is 8.14. The first-order valence-corrected chi connectivity index (χ1v) is 11.0. The molecule has 0 aliphatic carbocycles. The van der Waals surface area contributed by atoms with Crippen LogP contribution >= 0.6 is 0 Å². The number of carbonyl (C=O) groups is 1. The van der Waals surface area contributed by atoms with Gasteiger partial charge in [-0.2, -0.15) is 0 Å². The number of fused-ring (bicyclic) bond motifs is 3. The Balaban J connectivity index is 1.72. The molecule has 1 aromatic carbocycles. The first kappa shape index (κ1) is 22.0. The summed E-state index contributed by atoms with van der Waals surface area (Å²) in [5, 5.41) is 6.25. The molecule has 2 aliphatic heterocycles. The summed E-state index contributed by atoms with van der Waals surface area (Å²) in [5.41, 5.74) is 3.57. The van der Waals surface area contributed by atoms with Crippen LogP contribution in [0, 0.1) is 5.82 Å². The van der Waals surface area contributed by atoms with E-state index in [2.05, 4.69) is 20.6 Å². The summed E-state index contributed by atoms with van der Waals surface area (Å²) in [4.78, 5) is 20.8. The lowest BCUT2D eigenvalue weighted by Gasteiger charge is -2.23. The second-order valence-corrected chi connectivity index (χ2v) is 8.14. The second kappa shape index (κ2) is 9.18. The van der Waals surface area contributed by atoms with Gasteiger partial charge in [-0.25, -0.2) is 4.39 Å². The van der Waals surface area contributed by atoms with Crippen molar-refractivity contribution in [2.45, 2.75) is 18.4 Å². The zero-order valence-electron chi connectivity index (χ0n) is 18.9. The van der Waals surface area contributed by atoms with E-state index in [4.69, 9.17) is 14.2 Å². The van der Waals surface area contributed by atoms with Gasteiger partial charge in [0.15, 0.2) is 11.6 Å². The van der Waals surface area contributed by atoms with E-state index in [0.717, 1.165) is 5.69 Å². The van der Waals surface area contributed by atoms with Crippen molar-refractivity contribution in [2.24, 2.45) is 0 Å². The molecule has 0 unspecified atom stereocenters. The molecule has 1 amide bonds. The fourth-order valence-corrected chi connectivity index (χ4v) is 4.42. The van der Waals surface area contributed by atoms with Crippen LogP contribution < -0.4 is 20.1 Å². The maximum atomic E-state index is 14.4. The summed E-state index contributed by atoms with van der Waals surface area (Å²) >= 11 is 0. The number of anilines is 2. The zero-order chi connectivity index (χ0) is 23.7. The number of aromatic nitrogens is 2. The molecule has 0 fully saturated rings. The number of hydrogen-bond donors (Lipinski definition) is 3. The molecule has 0 radical (unpaired) electrons. The Morgan fingerprint density at radius 2 is 2.15 bits per heavy atom. The number of nitrogens with zero attached hydrogens (tertiary/aromatic N) is 1. The number of nitrogens with one attached hydrogen (secondary N) is 3. The molecule has 0 spiro atoms. The van der Waals surface area contributed by atoms with Crippen molar-refractivity contribution in [3.05, 3.63) is 65.9 Å². The summed E-state index contributed by atoms with van der Waals surface area (Å²) in [6.45, 7) is 0.796. The number of pyridine rings is 1. The normalized spacial score (nSPS) is 20.1. The van der Waals surface area contributed by atoms with Gasteiger partial charge in [-0.3, -0.25) is 9.78 Å². The smallest absolute Gasteiger partial charge is 0.255 e. The van der Waals surface area contributed by atoms with Gasteiger partial charge in [-0.05, 0) is 24.6 Å². The minimum absolute atomic E-state index is 0.0239. The molecular formula is C25H25FN4O4. The quantitative estimate of drug-likeness (QED) is 0.502. The number of methoxy groups -OCH3 is 2. The standard InChI is InChI=1S/C25H25FN4O4/c1-32-15-6-3-5-14-11-28-25(31)20-21(14)30-22(16-9-10-27-12-19(16)34-13-15)23(20)29-18-8-4-7-17(26)24(18)33-2/h3-4,6-10,12,14-15,29-30H,5,11,13H2,1-2H3,(H,28,31)/b6-3+/t14-,15+/m0/s1. The molecule has 8 nitrogen and oxygen atoms in total. The van der Waals surface area contributed by atoms with Crippen LogP contribution in [0.4, 0.5) is 15.8 Å². The number of amides is 1. The number of rotatable bonds is 4. The minimum Gasteiger partial charge on any atom is -0.492 e. The molecule has 3 aromatic rings. The minimum atomic E-state index is -0.504. The van der Waals surface area contributed by atoms with Crippen LogP contribution in [-0.2, 0) is 4.74 Å². The monoisotopic (exact) mass is 464 g/mol. The van der Waals surface area contributed by atoms with Crippen molar-refractivity contribution < 1.29 is 23.4 Å². The molecule has 4 heterocycles. The first-order valence-electron chi connectivity index (χ1n) is 11.0. The predicted octanol–water partition coefficient (Wildman–Crippen LogP) is 4.15. The number of hydrogen-bond acceptors (Lipinski definition) is 6. The molecule has 0 saturated carbocycles. The van der Waals surface area contributed by atoms with Crippen LogP contribution in [0.25, 0.3) is 11.3 Å². The van der Waals surface area contributed by atoms with Gasteiger partial charge in [0.05, 0.1) is 35.9 Å². The summed E-state index contributed by atoms with van der Waals surface area (Å²) in [5.74, 6) is -0.0996. The molecule has 0 saturated heterocycles. The molecular weight excluding hydrogens is 439 g/mol. The highest BCUT2D eigenvalue weighted by Gasteiger charge is 2.33. The van der Waals surface area contributed by atoms with E-state index in [1.54, 1.807) is 31.6 Å². The number of aromatic amines is 1. The highest BCUT2D eigenvalue weighted by atomic mass is 19.1. The number of para-hydroxylation sites is 1. The van der Waals surface area contributed by atoms with E-state index in [1.807, 2.05) is 18.2 Å². The third-order valence-electron chi connectivity index (χ3n) is 6.14. The van der Waals surface area contributed by atoms with Crippen LogP contribution in [0.5, 0.6) is 11.5 Å². The molecule has 3 N–H and O–H groups in total. The van der Waals surface area contributed by atoms with Crippen LogP contribution in [0.15, 0.2) is 48.8 Å². The van der Waals surface area contributed by atoms with Gasteiger partial charge in [-0.15, -0.1) is 0 Å². The fourth-order valence-electron chi connectivity index (χ4n) is 4.42. The zero-order valence-corrected chi connectivity index (χ0v) is 18.9. The maximum absolute atomic E-state index is 14.4. The largest absolute Gasteiger partial charge is 0.492 e. The molecule has 2 bridgehead atoms. The average Bonchev–Trinajstić information content (AvgIpc) is 3.22. The van der Waals surface area contributed by atoms with E-state index < -0.39 is 5.82 Å². The van der Waals surface area contributed by atoms with Gasteiger partial charge in [-0.1, -0.05) is 18.2 Å².